The second-order valence-electron chi connectivity index (χ2n) is 6.85. The molecule has 1 aromatic heterocycles. The Morgan fingerprint density at radius 2 is 1.76 bits per heavy atom. The topological polar surface area (TPSA) is 54.5 Å². The van der Waals surface area contributed by atoms with Crippen LogP contribution in [0.15, 0.2) is 48.8 Å². The van der Waals surface area contributed by atoms with Crippen LogP contribution in [-0.4, -0.2) is 43.2 Å². The molecule has 1 fully saturated rings. The summed E-state index contributed by atoms with van der Waals surface area (Å²) in [6.45, 7) is 10.2. The first-order valence-corrected chi connectivity index (χ1v) is 8.57. The first kappa shape index (κ1) is 18.9. The minimum absolute atomic E-state index is 0.318. The predicted molar refractivity (Wildman–Crippen MR) is 102 cm³/mol. The maximum absolute atomic E-state index is 9.60. The van der Waals surface area contributed by atoms with Crippen LogP contribution in [0, 0.1) is 0 Å². The van der Waals surface area contributed by atoms with Crippen LogP contribution in [0.1, 0.15) is 20.8 Å². The lowest BCUT2D eigenvalue weighted by molar-refractivity contribution is -0.138. The van der Waals surface area contributed by atoms with Crippen LogP contribution < -0.4 is 10.2 Å². The van der Waals surface area contributed by atoms with Gasteiger partial charge in [0.1, 0.15) is 5.60 Å². The van der Waals surface area contributed by atoms with Gasteiger partial charge in [0, 0.05) is 44.3 Å². The van der Waals surface area contributed by atoms with Gasteiger partial charge in [-0.15, -0.1) is 0 Å². The number of nitrogens with zero attached hydrogens (tertiary/aromatic N) is 2. The molecule has 1 aliphatic heterocycles. The van der Waals surface area contributed by atoms with E-state index in [1.807, 2.05) is 33.0 Å². The summed E-state index contributed by atoms with van der Waals surface area (Å²) in [5.41, 5.74) is 3.39. The van der Waals surface area contributed by atoms with E-state index in [0.717, 1.165) is 26.2 Å². The Hall–Kier alpha value is -2.40. The fourth-order valence-corrected chi connectivity index (χ4v) is 2.47. The van der Waals surface area contributed by atoms with Crippen molar-refractivity contribution in [2.45, 2.75) is 26.4 Å². The SMILES string of the molecule is CC(C)(C)OC=O.c1cncc(-c2ccc(N3CCNCC3)cc2)c1. The van der Waals surface area contributed by atoms with Crippen molar-refractivity contribution in [3.63, 3.8) is 0 Å². The number of hydrogen-bond acceptors (Lipinski definition) is 5. The van der Waals surface area contributed by atoms with E-state index in [1.165, 1.54) is 16.8 Å². The van der Waals surface area contributed by atoms with Crippen molar-refractivity contribution in [1.29, 1.82) is 0 Å². The van der Waals surface area contributed by atoms with Gasteiger partial charge in [-0.3, -0.25) is 9.78 Å². The summed E-state index contributed by atoms with van der Waals surface area (Å²) in [6.07, 6.45) is 3.71. The average molecular weight is 341 g/mol. The zero-order valence-electron chi connectivity index (χ0n) is 15.2. The molecule has 0 unspecified atom stereocenters. The van der Waals surface area contributed by atoms with E-state index in [-0.39, 0.29) is 5.60 Å². The first-order chi connectivity index (χ1) is 12.0. The van der Waals surface area contributed by atoms with E-state index in [4.69, 9.17) is 0 Å². The number of carbonyl (C=O) groups is 1. The lowest BCUT2D eigenvalue weighted by atomic mass is 10.1. The Morgan fingerprint density at radius 1 is 1.08 bits per heavy atom. The maximum Gasteiger partial charge on any atom is 0.293 e. The molecule has 0 bridgehead atoms. The van der Waals surface area contributed by atoms with Crippen molar-refractivity contribution < 1.29 is 9.53 Å². The van der Waals surface area contributed by atoms with Gasteiger partial charge >= 0.3 is 0 Å². The molecule has 5 heteroatoms. The summed E-state index contributed by atoms with van der Waals surface area (Å²) < 4.78 is 4.55. The van der Waals surface area contributed by atoms with Gasteiger partial charge in [0.25, 0.3) is 6.47 Å². The standard InChI is InChI=1S/C15H17N3.C5H10O2/c1-2-14(12-17-7-1)13-3-5-15(6-4-13)18-10-8-16-9-11-18;1-5(2,3)7-4-6/h1-7,12,16H,8-11H2;4H,1-3H3. The van der Waals surface area contributed by atoms with E-state index >= 15 is 0 Å². The monoisotopic (exact) mass is 341 g/mol. The molecular formula is C20H27N3O2. The van der Waals surface area contributed by atoms with Crippen LogP contribution in [0.5, 0.6) is 0 Å². The Kier molecular flexibility index (Phi) is 6.95. The lowest BCUT2D eigenvalue weighted by Crippen LogP contribution is -2.43. The molecule has 25 heavy (non-hydrogen) atoms. The summed E-state index contributed by atoms with van der Waals surface area (Å²) in [5, 5.41) is 3.37. The largest absolute Gasteiger partial charge is 0.462 e. The van der Waals surface area contributed by atoms with Crippen molar-refractivity contribution in [1.82, 2.24) is 10.3 Å². The number of anilines is 1. The van der Waals surface area contributed by atoms with Gasteiger partial charge in [-0.2, -0.15) is 0 Å². The predicted octanol–water partition coefficient (Wildman–Crippen LogP) is 3.12. The van der Waals surface area contributed by atoms with E-state index in [2.05, 4.69) is 50.3 Å². The van der Waals surface area contributed by atoms with Crippen molar-refractivity contribution in [3.8, 4) is 11.1 Å². The number of piperazine rings is 1. The van der Waals surface area contributed by atoms with Gasteiger partial charge in [-0.05, 0) is 50.1 Å². The molecule has 0 saturated carbocycles. The van der Waals surface area contributed by atoms with Crippen LogP contribution in [0.4, 0.5) is 5.69 Å². The number of benzene rings is 1. The highest BCUT2D eigenvalue weighted by atomic mass is 16.5. The van der Waals surface area contributed by atoms with Gasteiger partial charge in [0.15, 0.2) is 0 Å². The molecule has 0 amide bonds. The van der Waals surface area contributed by atoms with Crippen molar-refractivity contribution in [3.05, 3.63) is 48.8 Å². The quantitative estimate of drug-likeness (QED) is 0.870. The third-order valence-electron chi connectivity index (χ3n) is 3.75. The van der Waals surface area contributed by atoms with Crippen LogP contribution in [-0.2, 0) is 9.53 Å². The second-order valence-corrected chi connectivity index (χ2v) is 6.85. The molecular weight excluding hydrogens is 314 g/mol. The van der Waals surface area contributed by atoms with E-state index in [9.17, 15) is 4.79 Å². The molecule has 0 spiro atoms. The van der Waals surface area contributed by atoms with Crippen molar-refractivity contribution in [2.75, 3.05) is 31.1 Å². The molecule has 2 heterocycles. The average Bonchev–Trinajstić information content (AvgIpc) is 2.63. The zero-order valence-corrected chi connectivity index (χ0v) is 15.2. The minimum Gasteiger partial charge on any atom is -0.462 e. The van der Waals surface area contributed by atoms with Crippen molar-refractivity contribution >= 4 is 12.2 Å². The second kappa shape index (κ2) is 9.18. The smallest absolute Gasteiger partial charge is 0.293 e. The fourth-order valence-electron chi connectivity index (χ4n) is 2.47. The first-order valence-electron chi connectivity index (χ1n) is 8.57. The van der Waals surface area contributed by atoms with E-state index in [1.54, 1.807) is 6.20 Å². The number of hydrogen-bond donors (Lipinski definition) is 1. The molecule has 1 aromatic carbocycles. The normalized spacial score (nSPS) is 14.3. The van der Waals surface area contributed by atoms with Gasteiger partial charge in [0.2, 0.25) is 0 Å². The number of pyridine rings is 1. The summed E-state index contributed by atoms with van der Waals surface area (Å²) in [5.74, 6) is 0. The summed E-state index contributed by atoms with van der Waals surface area (Å²) in [7, 11) is 0. The minimum atomic E-state index is -0.318. The molecule has 0 aliphatic carbocycles. The summed E-state index contributed by atoms with van der Waals surface area (Å²) >= 11 is 0. The molecule has 134 valence electrons. The number of ether oxygens (including phenoxy) is 1. The van der Waals surface area contributed by atoms with Crippen LogP contribution in [0.3, 0.4) is 0 Å². The molecule has 1 saturated heterocycles. The fraction of sp³-hybridized carbons (Fsp3) is 0.400. The van der Waals surface area contributed by atoms with Crippen molar-refractivity contribution in [2.24, 2.45) is 0 Å². The Labute approximate surface area is 150 Å². The third kappa shape index (κ3) is 6.55. The van der Waals surface area contributed by atoms with Gasteiger partial charge < -0.3 is 15.0 Å². The molecule has 0 atom stereocenters. The Bertz CT molecular complexity index is 630. The lowest BCUT2D eigenvalue weighted by Gasteiger charge is -2.29. The molecule has 5 nitrogen and oxygen atoms in total. The molecule has 3 rings (SSSR count). The van der Waals surface area contributed by atoms with Crippen LogP contribution in [0.2, 0.25) is 0 Å². The highest BCUT2D eigenvalue weighted by Gasteiger charge is 2.10. The number of rotatable bonds is 3. The molecule has 1 N–H and O–H groups in total. The number of nitrogens with one attached hydrogen (secondary N) is 1. The molecule has 1 aliphatic rings. The van der Waals surface area contributed by atoms with Gasteiger partial charge in [-0.1, -0.05) is 18.2 Å². The Morgan fingerprint density at radius 3 is 2.24 bits per heavy atom. The molecule has 0 radical (unpaired) electrons. The van der Waals surface area contributed by atoms with E-state index in [0.29, 0.717) is 6.47 Å². The zero-order chi connectivity index (χ0) is 18.1. The maximum atomic E-state index is 9.60. The van der Waals surface area contributed by atoms with Crippen LogP contribution in [0.25, 0.3) is 11.1 Å². The highest BCUT2D eigenvalue weighted by Crippen LogP contribution is 2.22. The van der Waals surface area contributed by atoms with Gasteiger partial charge in [-0.25, -0.2) is 0 Å². The summed E-state index contributed by atoms with van der Waals surface area (Å²) in [6, 6.07) is 12.8. The molecule has 2 aromatic rings. The Balaban J connectivity index is 0.000000277. The third-order valence-corrected chi connectivity index (χ3v) is 3.75. The van der Waals surface area contributed by atoms with Crippen LogP contribution >= 0.6 is 0 Å². The van der Waals surface area contributed by atoms with Gasteiger partial charge in [0.05, 0.1) is 0 Å². The summed E-state index contributed by atoms with van der Waals surface area (Å²) in [4.78, 5) is 16.2. The number of carbonyl (C=O) groups excluding carboxylic acids is 1. The number of aromatic nitrogens is 1. The van der Waals surface area contributed by atoms with E-state index < -0.39 is 0 Å². The highest BCUT2D eigenvalue weighted by molar-refractivity contribution is 5.65.